The quantitative estimate of drug-likeness (QED) is 0.539. The van der Waals surface area contributed by atoms with E-state index in [9.17, 15) is 0 Å². The maximum Gasteiger partial charge on any atom is 0.0221 e. The van der Waals surface area contributed by atoms with Gasteiger partial charge in [0.1, 0.15) is 0 Å². The molecule has 3 atom stereocenters. The fraction of sp³-hybridized carbons (Fsp3) is 0.867. The second-order valence-corrected chi connectivity index (χ2v) is 6.47. The molecule has 1 aliphatic rings. The lowest BCUT2D eigenvalue weighted by atomic mass is 9.95. The summed E-state index contributed by atoms with van der Waals surface area (Å²) < 4.78 is 0. The molecule has 106 valence electrons. The molecule has 1 aliphatic heterocycles. The van der Waals surface area contributed by atoms with E-state index in [1.165, 1.54) is 31.7 Å². The van der Waals surface area contributed by atoms with Crippen molar-refractivity contribution >= 4 is 11.8 Å². The van der Waals surface area contributed by atoms with E-state index in [2.05, 4.69) is 37.6 Å². The van der Waals surface area contributed by atoms with E-state index < -0.39 is 0 Å². The van der Waals surface area contributed by atoms with Crippen LogP contribution in [0.3, 0.4) is 0 Å². The van der Waals surface area contributed by atoms with Crippen LogP contribution >= 0.6 is 11.8 Å². The summed E-state index contributed by atoms with van der Waals surface area (Å²) in [6.07, 6.45) is 4.53. The summed E-state index contributed by atoms with van der Waals surface area (Å²) in [7, 11) is 0. The van der Waals surface area contributed by atoms with Crippen LogP contribution in [-0.2, 0) is 0 Å². The highest BCUT2D eigenvalue weighted by Gasteiger charge is 2.28. The summed E-state index contributed by atoms with van der Waals surface area (Å²) >= 11 is 1.99. The van der Waals surface area contributed by atoms with Gasteiger partial charge < -0.3 is 5.32 Å². The third-order valence-corrected chi connectivity index (χ3v) is 5.07. The smallest absolute Gasteiger partial charge is 0.0221 e. The van der Waals surface area contributed by atoms with Crippen molar-refractivity contribution in [1.82, 2.24) is 10.2 Å². The number of nitrogens with one attached hydrogen (secondary N) is 1. The molecule has 1 N–H and O–H groups in total. The molecule has 0 saturated carbocycles. The van der Waals surface area contributed by atoms with Gasteiger partial charge in [-0.15, -0.1) is 6.58 Å². The Morgan fingerprint density at radius 3 is 2.89 bits per heavy atom. The lowest BCUT2D eigenvalue weighted by molar-refractivity contribution is 0.113. The third-order valence-electron chi connectivity index (χ3n) is 4.12. The Balaban J connectivity index is 2.40. The fourth-order valence-electron chi connectivity index (χ4n) is 2.57. The molecule has 1 rings (SSSR count). The van der Waals surface area contributed by atoms with Crippen LogP contribution in [-0.4, -0.2) is 48.1 Å². The van der Waals surface area contributed by atoms with Gasteiger partial charge in [0.25, 0.3) is 0 Å². The number of thioether (sulfide) groups is 1. The summed E-state index contributed by atoms with van der Waals surface area (Å²) in [5, 5.41) is 3.74. The van der Waals surface area contributed by atoms with Crippen LogP contribution < -0.4 is 5.32 Å². The second kappa shape index (κ2) is 9.00. The van der Waals surface area contributed by atoms with Crippen LogP contribution in [0.25, 0.3) is 0 Å². The first kappa shape index (κ1) is 16.1. The van der Waals surface area contributed by atoms with Gasteiger partial charge in [-0.25, -0.2) is 0 Å². The van der Waals surface area contributed by atoms with Gasteiger partial charge in [0.05, 0.1) is 0 Å². The Morgan fingerprint density at radius 2 is 2.28 bits per heavy atom. The van der Waals surface area contributed by atoms with Crippen LogP contribution in [0.4, 0.5) is 0 Å². The van der Waals surface area contributed by atoms with Crippen molar-refractivity contribution in [3.63, 3.8) is 0 Å². The van der Waals surface area contributed by atoms with Crippen LogP contribution in [0, 0.1) is 5.92 Å². The van der Waals surface area contributed by atoms with Gasteiger partial charge in [-0.2, -0.15) is 11.8 Å². The molecule has 0 spiro atoms. The van der Waals surface area contributed by atoms with E-state index in [-0.39, 0.29) is 0 Å². The number of piperazine rings is 1. The molecule has 3 heteroatoms. The van der Waals surface area contributed by atoms with Crippen molar-refractivity contribution < 1.29 is 0 Å². The summed E-state index contributed by atoms with van der Waals surface area (Å²) in [5.41, 5.74) is 0. The van der Waals surface area contributed by atoms with Gasteiger partial charge in [-0.05, 0) is 12.3 Å². The van der Waals surface area contributed by atoms with E-state index in [4.69, 9.17) is 0 Å². The molecule has 0 aromatic heterocycles. The first-order valence-electron chi connectivity index (χ1n) is 7.38. The standard InChI is InChI=1S/C15H30N2S/c1-5-9-18-10-8-17-12-15(13(4)6-2)16-11-14(17)7-3/h5,13-16H,1,6-12H2,2-4H3. The highest BCUT2D eigenvalue weighted by atomic mass is 32.2. The second-order valence-electron chi connectivity index (χ2n) is 5.32. The fourth-order valence-corrected chi connectivity index (χ4v) is 3.27. The van der Waals surface area contributed by atoms with E-state index in [0.717, 1.165) is 24.3 Å². The SMILES string of the molecule is C=CCSCCN1CC(C(C)CC)NCC1CC. The number of nitrogens with zero attached hydrogens (tertiary/aromatic N) is 1. The molecule has 2 nitrogen and oxygen atoms in total. The maximum absolute atomic E-state index is 3.78. The zero-order valence-electron chi connectivity index (χ0n) is 12.3. The normalized spacial score (nSPS) is 27.1. The number of hydrogen-bond acceptors (Lipinski definition) is 3. The Bertz CT molecular complexity index is 233. The minimum Gasteiger partial charge on any atom is -0.311 e. The summed E-state index contributed by atoms with van der Waals surface area (Å²) in [6.45, 7) is 14.4. The molecule has 0 radical (unpaired) electrons. The van der Waals surface area contributed by atoms with E-state index in [1.54, 1.807) is 0 Å². The van der Waals surface area contributed by atoms with Crippen molar-refractivity contribution in [2.75, 3.05) is 31.1 Å². The highest BCUT2D eigenvalue weighted by molar-refractivity contribution is 7.99. The van der Waals surface area contributed by atoms with Gasteiger partial charge in [0, 0.05) is 43.2 Å². The maximum atomic E-state index is 3.78. The molecule has 0 aliphatic carbocycles. The van der Waals surface area contributed by atoms with Gasteiger partial charge in [0.2, 0.25) is 0 Å². The van der Waals surface area contributed by atoms with Gasteiger partial charge in [-0.1, -0.05) is 33.3 Å². The molecule has 0 bridgehead atoms. The van der Waals surface area contributed by atoms with E-state index >= 15 is 0 Å². The third kappa shape index (κ3) is 4.94. The molecular formula is C15H30N2S. The predicted molar refractivity (Wildman–Crippen MR) is 84.4 cm³/mol. The zero-order chi connectivity index (χ0) is 13.4. The molecule has 3 unspecified atom stereocenters. The Morgan fingerprint density at radius 1 is 1.50 bits per heavy atom. The van der Waals surface area contributed by atoms with Gasteiger partial charge in [-0.3, -0.25) is 4.90 Å². The molecule has 1 fully saturated rings. The summed E-state index contributed by atoms with van der Waals surface area (Å²) in [5.74, 6) is 3.10. The molecule has 0 aromatic carbocycles. The molecular weight excluding hydrogens is 240 g/mol. The van der Waals surface area contributed by atoms with Crippen molar-refractivity contribution in [3.8, 4) is 0 Å². The van der Waals surface area contributed by atoms with Crippen LogP contribution in [0.15, 0.2) is 12.7 Å². The summed E-state index contributed by atoms with van der Waals surface area (Å²) in [4.78, 5) is 2.70. The molecule has 0 aromatic rings. The Hall–Kier alpha value is 0.01000. The van der Waals surface area contributed by atoms with Crippen LogP contribution in [0.1, 0.15) is 33.6 Å². The monoisotopic (exact) mass is 270 g/mol. The molecule has 1 heterocycles. The van der Waals surface area contributed by atoms with Gasteiger partial charge >= 0.3 is 0 Å². The van der Waals surface area contributed by atoms with E-state index in [0.29, 0.717) is 6.04 Å². The minimum atomic E-state index is 0.683. The predicted octanol–water partition coefficient (Wildman–Crippen LogP) is 3.00. The lowest BCUT2D eigenvalue weighted by Gasteiger charge is -2.42. The number of hydrogen-bond donors (Lipinski definition) is 1. The molecule has 1 saturated heterocycles. The average Bonchev–Trinajstić information content (AvgIpc) is 2.42. The Labute approximate surface area is 118 Å². The lowest BCUT2D eigenvalue weighted by Crippen LogP contribution is -2.58. The largest absolute Gasteiger partial charge is 0.311 e. The van der Waals surface area contributed by atoms with Crippen molar-refractivity contribution in [2.45, 2.75) is 45.7 Å². The highest BCUT2D eigenvalue weighted by Crippen LogP contribution is 2.17. The van der Waals surface area contributed by atoms with Crippen molar-refractivity contribution in [1.29, 1.82) is 0 Å². The molecule has 0 amide bonds. The van der Waals surface area contributed by atoms with Crippen molar-refractivity contribution in [3.05, 3.63) is 12.7 Å². The number of rotatable bonds is 8. The van der Waals surface area contributed by atoms with Gasteiger partial charge in [0.15, 0.2) is 0 Å². The molecule has 18 heavy (non-hydrogen) atoms. The first-order chi connectivity index (χ1) is 8.72. The average molecular weight is 270 g/mol. The Kier molecular flexibility index (Phi) is 8.03. The minimum absolute atomic E-state index is 0.683. The van der Waals surface area contributed by atoms with Crippen molar-refractivity contribution in [2.24, 2.45) is 5.92 Å². The summed E-state index contributed by atoms with van der Waals surface area (Å²) in [6, 6.07) is 1.41. The topological polar surface area (TPSA) is 15.3 Å². The van der Waals surface area contributed by atoms with E-state index in [1.807, 2.05) is 17.8 Å². The zero-order valence-corrected chi connectivity index (χ0v) is 13.1. The van der Waals surface area contributed by atoms with Crippen LogP contribution in [0.2, 0.25) is 0 Å². The van der Waals surface area contributed by atoms with Crippen LogP contribution in [0.5, 0.6) is 0 Å². The first-order valence-corrected chi connectivity index (χ1v) is 8.54.